The van der Waals surface area contributed by atoms with Crippen LogP contribution in [0.5, 0.6) is 5.75 Å². The predicted octanol–water partition coefficient (Wildman–Crippen LogP) is 3.43. The summed E-state index contributed by atoms with van der Waals surface area (Å²) in [5.41, 5.74) is 0. The average Bonchev–Trinajstić information content (AvgIpc) is 2.42. The molecule has 1 unspecified atom stereocenters. The van der Waals surface area contributed by atoms with Gasteiger partial charge in [0.15, 0.2) is 0 Å². The van der Waals surface area contributed by atoms with Crippen LogP contribution < -0.4 is 4.74 Å². The molecule has 0 bridgehead atoms. The monoisotopic (exact) mass is 301 g/mol. The highest BCUT2D eigenvalue weighted by Crippen LogP contribution is 2.27. The van der Waals surface area contributed by atoms with E-state index in [1.807, 2.05) is 0 Å². The lowest BCUT2D eigenvalue weighted by atomic mass is 10.0. The number of benzene rings is 1. The number of aldehydes is 1. The molecule has 1 aliphatic heterocycles. The molecule has 1 saturated heterocycles. The van der Waals surface area contributed by atoms with Gasteiger partial charge in [0.25, 0.3) is 0 Å². The highest BCUT2D eigenvalue weighted by molar-refractivity contribution is 6.35. The van der Waals surface area contributed by atoms with Crippen LogP contribution in [0, 0.1) is 0 Å². The van der Waals surface area contributed by atoms with Gasteiger partial charge in [0.1, 0.15) is 18.6 Å². The first-order chi connectivity index (χ1) is 9.20. The summed E-state index contributed by atoms with van der Waals surface area (Å²) >= 11 is 11.9. The highest BCUT2D eigenvalue weighted by atomic mass is 35.5. The van der Waals surface area contributed by atoms with E-state index in [9.17, 15) is 4.79 Å². The molecule has 2 rings (SSSR count). The fourth-order valence-electron chi connectivity index (χ4n) is 2.31. The summed E-state index contributed by atoms with van der Waals surface area (Å²) in [4.78, 5) is 13.1. The molecule has 0 amide bonds. The van der Waals surface area contributed by atoms with Crippen LogP contribution >= 0.6 is 23.2 Å². The zero-order valence-corrected chi connectivity index (χ0v) is 12.2. The Hall–Kier alpha value is -0.770. The molecule has 5 heteroatoms. The zero-order chi connectivity index (χ0) is 13.7. The fraction of sp³-hybridized carbons (Fsp3) is 0.500. The van der Waals surface area contributed by atoms with Crippen molar-refractivity contribution in [3.8, 4) is 5.75 Å². The SMILES string of the molecule is O=CC1CCCCN1CCOc1ccc(Cl)cc1Cl. The van der Waals surface area contributed by atoms with Gasteiger partial charge in [0.05, 0.1) is 11.1 Å². The molecule has 1 fully saturated rings. The quantitative estimate of drug-likeness (QED) is 0.781. The van der Waals surface area contributed by atoms with Crippen LogP contribution in [0.15, 0.2) is 18.2 Å². The Labute approximate surface area is 123 Å². The molecular formula is C14H17Cl2NO2. The Morgan fingerprint density at radius 3 is 2.95 bits per heavy atom. The normalized spacial score (nSPS) is 20.2. The summed E-state index contributed by atoms with van der Waals surface area (Å²) < 4.78 is 5.64. The van der Waals surface area contributed by atoms with Crippen molar-refractivity contribution in [1.82, 2.24) is 4.90 Å². The van der Waals surface area contributed by atoms with Crippen molar-refractivity contribution >= 4 is 29.5 Å². The number of nitrogens with zero attached hydrogens (tertiary/aromatic N) is 1. The fourth-order valence-corrected chi connectivity index (χ4v) is 2.78. The number of carbonyl (C=O) groups is 1. The van der Waals surface area contributed by atoms with Gasteiger partial charge in [-0.2, -0.15) is 0 Å². The topological polar surface area (TPSA) is 29.5 Å². The lowest BCUT2D eigenvalue weighted by Crippen LogP contribution is -2.42. The number of likely N-dealkylation sites (tertiary alicyclic amines) is 1. The summed E-state index contributed by atoms with van der Waals surface area (Å²) in [6.45, 7) is 2.22. The van der Waals surface area contributed by atoms with Gasteiger partial charge in [-0.25, -0.2) is 0 Å². The van der Waals surface area contributed by atoms with Crippen LogP contribution in [-0.2, 0) is 4.79 Å². The van der Waals surface area contributed by atoms with Crippen molar-refractivity contribution in [3.05, 3.63) is 28.2 Å². The molecule has 1 atom stereocenters. The van der Waals surface area contributed by atoms with Crippen LogP contribution in [-0.4, -0.2) is 36.9 Å². The van der Waals surface area contributed by atoms with Gasteiger partial charge < -0.3 is 9.53 Å². The molecule has 1 aromatic rings. The first-order valence-electron chi connectivity index (χ1n) is 6.48. The van der Waals surface area contributed by atoms with E-state index < -0.39 is 0 Å². The van der Waals surface area contributed by atoms with Crippen molar-refractivity contribution in [2.75, 3.05) is 19.7 Å². The molecule has 0 spiro atoms. The van der Waals surface area contributed by atoms with E-state index in [4.69, 9.17) is 27.9 Å². The summed E-state index contributed by atoms with van der Waals surface area (Å²) in [7, 11) is 0. The summed E-state index contributed by atoms with van der Waals surface area (Å²) in [6.07, 6.45) is 4.26. The van der Waals surface area contributed by atoms with Crippen LogP contribution in [0.2, 0.25) is 10.0 Å². The Bertz CT molecular complexity index is 439. The Kier molecular flexibility index (Phi) is 5.49. The Morgan fingerprint density at radius 2 is 2.21 bits per heavy atom. The lowest BCUT2D eigenvalue weighted by Gasteiger charge is -2.31. The van der Waals surface area contributed by atoms with Crippen LogP contribution in [0.3, 0.4) is 0 Å². The van der Waals surface area contributed by atoms with Crippen molar-refractivity contribution in [1.29, 1.82) is 0 Å². The van der Waals surface area contributed by atoms with E-state index in [0.29, 0.717) is 22.4 Å². The maximum Gasteiger partial charge on any atom is 0.138 e. The summed E-state index contributed by atoms with van der Waals surface area (Å²) in [6, 6.07) is 5.21. The number of ether oxygens (including phenoxy) is 1. The lowest BCUT2D eigenvalue weighted by molar-refractivity contribution is -0.113. The largest absolute Gasteiger partial charge is 0.491 e. The standard InChI is InChI=1S/C14H17Cl2NO2/c15-11-4-5-14(13(16)9-11)19-8-7-17-6-2-1-3-12(17)10-18/h4-5,9-10,12H,1-3,6-8H2. The molecule has 1 heterocycles. The molecule has 0 radical (unpaired) electrons. The van der Waals surface area contributed by atoms with Gasteiger partial charge >= 0.3 is 0 Å². The van der Waals surface area contributed by atoms with Crippen LogP contribution in [0.4, 0.5) is 0 Å². The second-order valence-electron chi connectivity index (χ2n) is 4.66. The number of halogens is 2. The summed E-state index contributed by atoms with van der Waals surface area (Å²) in [5, 5.41) is 1.10. The Balaban J connectivity index is 1.83. The van der Waals surface area contributed by atoms with Crippen LogP contribution in [0.1, 0.15) is 19.3 Å². The van der Waals surface area contributed by atoms with Gasteiger partial charge in [0, 0.05) is 11.6 Å². The van der Waals surface area contributed by atoms with E-state index >= 15 is 0 Å². The van der Waals surface area contributed by atoms with E-state index in [1.54, 1.807) is 18.2 Å². The minimum absolute atomic E-state index is 0.0399. The molecule has 0 aliphatic carbocycles. The molecule has 0 aromatic heterocycles. The third-order valence-corrected chi connectivity index (χ3v) is 3.88. The number of hydrogen-bond acceptors (Lipinski definition) is 3. The van der Waals surface area contributed by atoms with Gasteiger partial charge in [0.2, 0.25) is 0 Å². The zero-order valence-electron chi connectivity index (χ0n) is 10.6. The minimum Gasteiger partial charge on any atom is -0.491 e. The van der Waals surface area contributed by atoms with Crippen molar-refractivity contribution in [3.63, 3.8) is 0 Å². The second-order valence-corrected chi connectivity index (χ2v) is 5.50. The van der Waals surface area contributed by atoms with Crippen molar-refractivity contribution < 1.29 is 9.53 Å². The Morgan fingerprint density at radius 1 is 1.37 bits per heavy atom. The molecule has 1 aromatic carbocycles. The maximum absolute atomic E-state index is 11.0. The first-order valence-corrected chi connectivity index (χ1v) is 7.23. The predicted molar refractivity (Wildman–Crippen MR) is 77.2 cm³/mol. The second kappa shape index (κ2) is 7.13. The van der Waals surface area contributed by atoms with Crippen LogP contribution in [0.25, 0.3) is 0 Å². The third kappa shape index (κ3) is 4.10. The first kappa shape index (κ1) is 14.6. The van der Waals surface area contributed by atoms with Crippen molar-refractivity contribution in [2.24, 2.45) is 0 Å². The van der Waals surface area contributed by atoms with Gasteiger partial charge in [-0.15, -0.1) is 0 Å². The number of carbonyl (C=O) groups excluding carboxylic acids is 1. The van der Waals surface area contributed by atoms with Gasteiger partial charge in [-0.1, -0.05) is 29.6 Å². The van der Waals surface area contributed by atoms with E-state index in [2.05, 4.69) is 4.90 Å². The molecule has 3 nitrogen and oxygen atoms in total. The number of piperidine rings is 1. The highest BCUT2D eigenvalue weighted by Gasteiger charge is 2.21. The molecule has 19 heavy (non-hydrogen) atoms. The minimum atomic E-state index is 0.0399. The average molecular weight is 302 g/mol. The van der Waals surface area contributed by atoms with Gasteiger partial charge in [-0.3, -0.25) is 4.90 Å². The molecular weight excluding hydrogens is 285 g/mol. The molecule has 1 aliphatic rings. The third-order valence-electron chi connectivity index (χ3n) is 3.35. The van der Waals surface area contributed by atoms with Gasteiger partial charge in [-0.05, 0) is 37.6 Å². The maximum atomic E-state index is 11.0. The van der Waals surface area contributed by atoms with Crippen molar-refractivity contribution in [2.45, 2.75) is 25.3 Å². The van der Waals surface area contributed by atoms with E-state index in [1.165, 1.54) is 0 Å². The number of rotatable bonds is 5. The molecule has 0 N–H and O–H groups in total. The van der Waals surface area contributed by atoms with E-state index in [-0.39, 0.29) is 6.04 Å². The number of hydrogen-bond donors (Lipinski definition) is 0. The molecule has 0 saturated carbocycles. The smallest absolute Gasteiger partial charge is 0.138 e. The summed E-state index contributed by atoms with van der Waals surface area (Å²) in [5.74, 6) is 0.630. The van der Waals surface area contributed by atoms with E-state index in [0.717, 1.165) is 38.6 Å². The molecule has 104 valence electrons.